The largest absolute Gasteiger partial charge is 0.478 e. The van der Waals surface area contributed by atoms with Crippen LogP contribution in [0, 0.1) is 0 Å². The molecule has 0 aliphatic heterocycles. The number of hydrogen-bond acceptors (Lipinski definition) is 5. The maximum Gasteiger partial charge on any atom is 0.328 e. The Labute approximate surface area is 195 Å². The van der Waals surface area contributed by atoms with Crippen molar-refractivity contribution in [1.29, 1.82) is 0 Å². The minimum atomic E-state index is -1.26. The van der Waals surface area contributed by atoms with E-state index < -0.39 is 11.9 Å². The van der Waals surface area contributed by atoms with Gasteiger partial charge in [0.25, 0.3) is 0 Å². The Balaban J connectivity index is 0.00000102. The number of benzene rings is 1. The van der Waals surface area contributed by atoms with Crippen LogP contribution in [0.2, 0.25) is 0 Å². The molecule has 9 heteroatoms. The molecule has 180 valence electrons. The van der Waals surface area contributed by atoms with Crippen LogP contribution in [-0.4, -0.2) is 82.5 Å². The number of thioether (sulfide) groups is 1. The fourth-order valence-electron chi connectivity index (χ4n) is 2.63. The average Bonchev–Trinajstić information content (AvgIpc) is 2.76. The van der Waals surface area contributed by atoms with E-state index in [-0.39, 0.29) is 12.1 Å². The molecule has 3 N–H and O–H groups in total. The van der Waals surface area contributed by atoms with Gasteiger partial charge < -0.3 is 25.3 Å². The van der Waals surface area contributed by atoms with Crippen LogP contribution in [0.15, 0.2) is 42.5 Å². The number of urea groups is 1. The van der Waals surface area contributed by atoms with Gasteiger partial charge in [0.15, 0.2) is 0 Å². The summed E-state index contributed by atoms with van der Waals surface area (Å²) >= 11 is 1.88. The third-order valence-corrected chi connectivity index (χ3v) is 5.45. The smallest absolute Gasteiger partial charge is 0.328 e. The van der Waals surface area contributed by atoms with Crippen molar-refractivity contribution in [3.63, 3.8) is 0 Å². The summed E-state index contributed by atoms with van der Waals surface area (Å²) in [5.41, 5.74) is 1.34. The molecule has 8 nitrogen and oxygen atoms in total. The average molecular weight is 468 g/mol. The van der Waals surface area contributed by atoms with Crippen LogP contribution >= 0.6 is 11.8 Å². The molecule has 0 aliphatic carbocycles. The summed E-state index contributed by atoms with van der Waals surface area (Å²) in [6.07, 6.45) is 1.12. The number of likely N-dealkylation sites (N-methyl/N-ethyl adjacent to an activating group) is 1. The van der Waals surface area contributed by atoms with Gasteiger partial charge in [-0.1, -0.05) is 44.2 Å². The van der Waals surface area contributed by atoms with E-state index in [4.69, 9.17) is 10.2 Å². The van der Waals surface area contributed by atoms with Gasteiger partial charge in [-0.25, -0.2) is 14.4 Å². The number of carbonyl (C=O) groups is 3. The van der Waals surface area contributed by atoms with E-state index in [0.29, 0.717) is 18.7 Å². The number of amides is 2. The van der Waals surface area contributed by atoms with Gasteiger partial charge >= 0.3 is 18.0 Å². The van der Waals surface area contributed by atoms with E-state index in [1.807, 2.05) is 22.7 Å². The predicted molar refractivity (Wildman–Crippen MR) is 130 cm³/mol. The second-order valence-corrected chi connectivity index (χ2v) is 8.20. The molecule has 0 bridgehead atoms. The predicted octanol–water partition coefficient (Wildman–Crippen LogP) is 3.39. The molecule has 1 aromatic rings. The molecule has 0 saturated heterocycles. The Morgan fingerprint density at radius 2 is 1.56 bits per heavy atom. The first-order valence-electron chi connectivity index (χ1n) is 10.7. The second kappa shape index (κ2) is 18.1. The van der Waals surface area contributed by atoms with E-state index in [0.717, 1.165) is 37.7 Å². The Morgan fingerprint density at radius 1 is 1.00 bits per heavy atom. The molecule has 0 spiro atoms. The zero-order valence-electron chi connectivity index (χ0n) is 19.5. The molecule has 0 saturated carbocycles. The first-order chi connectivity index (χ1) is 15.2. The molecule has 0 radical (unpaired) electrons. The summed E-state index contributed by atoms with van der Waals surface area (Å²) in [6, 6.07) is 10.7. The van der Waals surface area contributed by atoms with Gasteiger partial charge in [0.1, 0.15) is 0 Å². The van der Waals surface area contributed by atoms with Crippen LogP contribution in [0.1, 0.15) is 33.3 Å². The molecular weight excluding hydrogens is 430 g/mol. The number of nitrogens with one attached hydrogen (secondary N) is 1. The maximum atomic E-state index is 12.4. The SMILES string of the molecule is CCN(CC)CCNC(=O)N(CCSCc1ccccc1)C(C)C.O=C(O)/C=C\C(=O)O. The van der Waals surface area contributed by atoms with Crippen molar-refractivity contribution in [2.75, 3.05) is 38.5 Å². The van der Waals surface area contributed by atoms with Gasteiger partial charge in [-0.2, -0.15) is 11.8 Å². The highest BCUT2D eigenvalue weighted by molar-refractivity contribution is 7.98. The molecule has 0 aliphatic rings. The van der Waals surface area contributed by atoms with Crippen LogP contribution in [0.3, 0.4) is 0 Å². The van der Waals surface area contributed by atoms with Crippen LogP contribution in [0.25, 0.3) is 0 Å². The van der Waals surface area contributed by atoms with E-state index in [1.54, 1.807) is 0 Å². The van der Waals surface area contributed by atoms with Gasteiger partial charge in [-0.15, -0.1) is 0 Å². The highest BCUT2D eigenvalue weighted by Gasteiger charge is 2.16. The topological polar surface area (TPSA) is 110 Å². The van der Waals surface area contributed by atoms with Crippen molar-refractivity contribution in [3.05, 3.63) is 48.0 Å². The molecule has 32 heavy (non-hydrogen) atoms. The van der Waals surface area contributed by atoms with Crippen molar-refractivity contribution >= 4 is 29.7 Å². The van der Waals surface area contributed by atoms with Crippen LogP contribution in [-0.2, 0) is 15.3 Å². The highest BCUT2D eigenvalue weighted by atomic mass is 32.2. The lowest BCUT2D eigenvalue weighted by Crippen LogP contribution is -2.47. The number of aliphatic carboxylic acids is 2. The fourth-order valence-corrected chi connectivity index (χ4v) is 3.52. The van der Waals surface area contributed by atoms with Gasteiger partial charge in [0.05, 0.1) is 0 Å². The minimum absolute atomic E-state index is 0.0532. The Morgan fingerprint density at radius 3 is 2.03 bits per heavy atom. The third-order valence-electron chi connectivity index (χ3n) is 4.44. The summed E-state index contributed by atoms with van der Waals surface area (Å²) in [4.78, 5) is 35.7. The van der Waals surface area contributed by atoms with Crippen LogP contribution < -0.4 is 5.32 Å². The van der Waals surface area contributed by atoms with Gasteiger partial charge in [0.2, 0.25) is 0 Å². The molecule has 0 aromatic heterocycles. The van der Waals surface area contributed by atoms with E-state index in [2.05, 4.69) is 62.2 Å². The minimum Gasteiger partial charge on any atom is -0.478 e. The number of carboxylic acids is 2. The third kappa shape index (κ3) is 15.3. The molecule has 0 unspecified atom stereocenters. The maximum absolute atomic E-state index is 12.4. The summed E-state index contributed by atoms with van der Waals surface area (Å²) in [6.45, 7) is 12.9. The lowest BCUT2D eigenvalue weighted by molar-refractivity contribution is -0.134. The molecule has 2 amide bonds. The number of carboxylic acid groups (broad SMARTS) is 2. The van der Waals surface area contributed by atoms with Crippen molar-refractivity contribution in [2.45, 2.75) is 39.5 Å². The van der Waals surface area contributed by atoms with Gasteiger partial charge in [-0.3, -0.25) is 0 Å². The molecule has 1 aromatic carbocycles. The van der Waals surface area contributed by atoms with Gasteiger partial charge in [-0.05, 0) is 32.5 Å². The molecule has 0 heterocycles. The number of hydrogen-bond donors (Lipinski definition) is 3. The van der Waals surface area contributed by atoms with E-state index in [1.165, 1.54) is 5.56 Å². The number of rotatable bonds is 13. The normalized spacial score (nSPS) is 10.7. The quantitative estimate of drug-likeness (QED) is 0.301. The summed E-state index contributed by atoms with van der Waals surface area (Å²) in [5, 5.41) is 18.7. The summed E-state index contributed by atoms with van der Waals surface area (Å²) in [7, 11) is 0. The molecule has 1 rings (SSSR count). The monoisotopic (exact) mass is 467 g/mol. The molecular formula is C23H37N3O5S. The first kappa shape index (κ1) is 29.5. The number of nitrogens with zero attached hydrogens (tertiary/aromatic N) is 2. The summed E-state index contributed by atoms with van der Waals surface area (Å²) < 4.78 is 0. The standard InChI is InChI=1S/C19H33N3OS.C4H4O4/c1-5-21(6-2)13-12-20-19(23)22(17(3)4)14-15-24-16-18-10-8-7-9-11-18;5-3(6)1-2-4(7)8/h7-11,17H,5-6,12-16H2,1-4H3,(H,20,23);1-2H,(H,5,6)(H,7,8)/b;2-1-. The zero-order chi connectivity index (χ0) is 24.4. The summed E-state index contributed by atoms with van der Waals surface area (Å²) in [5.74, 6) is -0.563. The van der Waals surface area contributed by atoms with Crippen LogP contribution in [0.4, 0.5) is 4.79 Å². The van der Waals surface area contributed by atoms with Crippen LogP contribution in [0.5, 0.6) is 0 Å². The van der Waals surface area contributed by atoms with E-state index in [9.17, 15) is 14.4 Å². The second-order valence-electron chi connectivity index (χ2n) is 7.09. The molecule has 0 atom stereocenters. The van der Waals surface area contributed by atoms with Crippen molar-refractivity contribution < 1.29 is 24.6 Å². The Kier molecular flexibility index (Phi) is 16.7. The van der Waals surface area contributed by atoms with E-state index >= 15 is 0 Å². The zero-order valence-corrected chi connectivity index (χ0v) is 20.3. The van der Waals surface area contributed by atoms with Crippen molar-refractivity contribution in [3.8, 4) is 0 Å². The number of carbonyl (C=O) groups excluding carboxylic acids is 1. The lowest BCUT2D eigenvalue weighted by atomic mass is 10.2. The van der Waals surface area contributed by atoms with Gasteiger partial charge in [0, 0.05) is 49.3 Å². The Bertz CT molecular complexity index is 678. The van der Waals surface area contributed by atoms with Crippen molar-refractivity contribution in [1.82, 2.24) is 15.1 Å². The van der Waals surface area contributed by atoms with Crippen molar-refractivity contribution in [2.24, 2.45) is 0 Å². The molecule has 0 fully saturated rings. The fraction of sp³-hybridized carbons (Fsp3) is 0.522. The Hall–Kier alpha value is -2.52. The lowest BCUT2D eigenvalue weighted by Gasteiger charge is -2.27. The first-order valence-corrected chi connectivity index (χ1v) is 11.9. The highest BCUT2D eigenvalue weighted by Crippen LogP contribution is 2.12.